The lowest BCUT2D eigenvalue weighted by atomic mass is 10.1. The van der Waals surface area contributed by atoms with Crippen LogP contribution < -0.4 is 16.6 Å². The Kier molecular flexibility index (Phi) is 5.77. The average Bonchev–Trinajstić information content (AvgIpc) is 2.70. The van der Waals surface area contributed by atoms with E-state index in [0.717, 1.165) is 4.57 Å². The number of hydrogen-bond donors (Lipinski definition) is 1. The molecule has 0 saturated carbocycles. The molecule has 7 heteroatoms. The van der Waals surface area contributed by atoms with Gasteiger partial charge >= 0.3 is 5.69 Å². The Balaban J connectivity index is 2.21. The number of ketones is 1. The van der Waals surface area contributed by atoms with Gasteiger partial charge in [-0.2, -0.15) is 0 Å². The average molecular weight is 393 g/mol. The second kappa shape index (κ2) is 8.26. The number of Topliss-reactive ketones (excluding diaryl/α,β-unsaturated/α-hetero) is 1. The SMILES string of the molecule is CC(=O)c1cccc(-n2c(=O)c3ccccc3n(CC(=O)NCC(C)C)c2=O)c1. The molecule has 3 rings (SSSR count). The van der Waals surface area contributed by atoms with E-state index >= 15 is 0 Å². The molecule has 2 aromatic carbocycles. The smallest absolute Gasteiger partial charge is 0.336 e. The van der Waals surface area contributed by atoms with E-state index in [9.17, 15) is 19.2 Å². The molecule has 0 aliphatic heterocycles. The first-order chi connectivity index (χ1) is 13.8. The minimum Gasteiger partial charge on any atom is -0.354 e. The second-order valence-corrected chi connectivity index (χ2v) is 7.33. The van der Waals surface area contributed by atoms with E-state index in [0.29, 0.717) is 23.0 Å². The maximum Gasteiger partial charge on any atom is 0.336 e. The number of para-hydroxylation sites is 1. The van der Waals surface area contributed by atoms with E-state index in [1.54, 1.807) is 42.5 Å². The van der Waals surface area contributed by atoms with E-state index in [-0.39, 0.29) is 29.8 Å². The normalized spacial score (nSPS) is 11.0. The third kappa shape index (κ3) is 4.18. The summed E-state index contributed by atoms with van der Waals surface area (Å²) in [6.07, 6.45) is 0. The fourth-order valence-corrected chi connectivity index (χ4v) is 3.08. The number of carbonyl (C=O) groups excluding carboxylic acids is 2. The van der Waals surface area contributed by atoms with Crippen LogP contribution in [0, 0.1) is 5.92 Å². The molecule has 0 radical (unpaired) electrons. The molecule has 0 atom stereocenters. The molecule has 0 aliphatic rings. The van der Waals surface area contributed by atoms with Crippen molar-refractivity contribution in [1.29, 1.82) is 0 Å². The van der Waals surface area contributed by atoms with Gasteiger partial charge in [0.2, 0.25) is 5.91 Å². The van der Waals surface area contributed by atoms with Gasteiger partial charge in [-0.25, -0.2) is 9.36 Å². The summed E-state index contributed by atoms with van der Waals surface area (Å²) in [5, 5.41) is 3.11. The Hall–Kier alpha value is -3.48. The Bertz CT molecular complexity index is 1200. The van der Waals surface area contributed by atoms with E-state index in [4.69, 9.17) is 0 Å². The summed E-state index contributed by atoms with van der Waals surface area (Å²) in [6, 6.07) is 13.0. The molecule has 29 heavy (non-hydrogen) atoms. The lowest BCUT2D eigenvalue weighted by molar-refractivity contribution is -0.121. The molecule has 1 heterocycles. The fourth-order valence-electron chi connectivity index (χ4n) is 3.08. The van der Waals surface area contributed by atoms with Gasteiger partial charge in [0.1, 0.15) is 6.54 Å². The second-order valence-electron chi connectivity index (χ2n) is 7.33. The van der Waals surface area contributed by atoms with Crippen LogP contribution in [0.3, 0.4) is 0 Å². The first-order valence-corrected chi connectivity index (χ1v) is 9.42. The van der Waals surface area contributed by atoms with Crippen molar-refractivity contribution in [2.75, 3.05) is 6.54 Å². The summed E-state index contributed by atoms with van der Waals surface area (Å²) in [6.45, 7) is 5.65. The van der Waals surface area contributed by atoms with Crippen LogP contribution in [-0.2, 0) is 11.3 Å². The van der Waals surface area contributed by atoms with Crippen LogP contribution in [0.4, 0.5) is 0 Å². The molecule has 0 unspecified atom stereocenters. The first kappa shape index (κ1) is 20.3. The minimum atomic E-state index is -0.630. The fraction of sp³-hybridized carbons (Fsp3) is 0.273. The summed E-state index contributed by atoms with van der Waals surface area (Å²) in [5.74, 6) is -0.210. The number of fused-ring (bicyclic) bond motifs is 1. The number of aromatic nitrogens is 2. The molecule has 1 amide bonds. The Morgan fingerprint density at radius 1 is 1.03 bits per heavy atom. The van der Waals surface area contributed by atoms with Crippen LogP contribution in [0.2, 0.25) is 0 Å². The molecule has 0 saturated heterocycles. The number of benzene rings is 2. The molecule has 7 nitrogen and oxygen atoms in total. The van der Waals surface area contributed by atoms with Crippen molar-refractivity contribution in [3.05, 3.63) is 74.9 Å². The van der Waals surface area contributed by atoms with Gasteiger partial charge in [0, 0.05) is 12.1 Å². The van der Waals surface area contributed by atoms with E-state index in [2.05, 4.69) is 5.32 Å². The van der Waals surface area contributed by atoms with Crippen molar-refractivity contribution >= 4 is 22.6 Å². The van der Waals surface area contributed by atoms with Gasteiger partial charge in [-0.3, -0.25) is 19.0 Å². The van der Waals surface area contributed by atoms with E-state index < -0.39 is 11.2 Å². The zero-order valence-corrected chi connectivity index (χ0v) is 16.6. The molecular weight excluding hydrogens is 370 g/mol. The van der Waals surface area contributed by atoms with Gasteiger partial charge in [-0.15, -0.1) is 0 Å². The molecule has 0 spiro atoms. The lowest BCUT2D eigenvalue weighted by Crippen LogP contribution is -2.42. The quantitative estimate of drug-likeness (QED) is 0.650. The van der Waals surface area contributed by atoms with Crippen molar-refractivity contribution in [3.8, 4) is 5.69 Å². The van der Waals surface area contributed by atoms with Crippen molar-refractivity contribution in [1.82, 2.24) is 14.5 Å². The summed E-state index contributed by atoms with van der Waals surface area (Å²) in [4.78, 5) is 50.4. The van der Waals surface area contributed by atoms with Crippen molar-refractivity contribution < 1.29 is 9.59 Å². The zero-order valence-electron chi connectivity index (χ0n) is 16.6. The number of carbonyl (C=O) groups is 2. The number of rotatable bonds is 6. The highest BCUT2D eigenvalue weighted by Crippen LogP contribution is 2.12. The predicted molar refractivity (Wildman–Crippen MR) is 112 cm³/mol. The van der Waals surface area contributed by atoms with E-state index in [1.165, 1.54) is 17.6 Å². The highest BCUT2D eigenvalue weighted by atomic mass is 16.2. The van der Waals surface area contributed by atoms with Gasteiger partial charge in [-0.1, -0.05) is 38.1 Å². The molecule has 150 valence electrons. The Morgan fingerprint density at radius 2 is 1.76 bits per heavy atom. The molecule has 0 fully saturated rings. The van der Waals surface area contributed by atoms with Gasteiger partial charge in [-0.05, 0) is 37.1 Å². The monoisotopic (exact) mass is 393 g/mol. The van der Waals surface area contributed by atoms with Gasteiger partial charge in [0.15, 0.2) is 5.78 Å². The molecule has 0 aliphatic carbocycles. The molecule has 0 bridgehead atoms. The van der Waals surface area contributed by atoms with Crippen LogP contribution in [0.5, 0.6) is 0 Å². The first-order valence-electron chi connectivity index (χ1n) is 9.42. The lowest BCUT2D eigenvalue weighted by Gasteiger charge is -2.15. The van der Waals surface area contributed by atoms with Crippen molar-refractivity contribution in [2.45, 2.75) is 27.3 Å². The van der Waals surface area contributed by atoms with Crippen LogP contribution in [0.15, 0.2) is 58.1 Å². The van der Waals surface area contributed by atoms with Crippen molar-refractivity contribution in [2.24, 2.45) is 5.92 Å². The van der Waals surface area contributed by atoms with Gasteiger partial charge in [0.05, 0.1) is 16.6 Å². The summed E-state index contributed by atoms with van der Waals surface area (Å²) in [7, 11) is 0. The van der Waals surface area contributed by atoms with Crippen molar-refractivity contribution in [3.63, 3.8) is 0 Å². The van der Waals surface area contributed by atoms with Crippen LogP contribution in [0.1, 0.15) is 31.1 Å². The highest BCUT2D eigenvalue weighted by molar-refractivity contribution is 5.94. The Morgan fingerprint density at radius 3 is 2.45 bits per heavy atom. The third-order valence-electron chi connectivity index (χ3n) is 4.57. The maximum absolute atomic E-state index is 13.2. The van der Waals surface area contributed by atoms with Gasteiger partial charge < -0.3 is 5.32 Å². The number of hydrogen-bond acceptors (Lipinski definition) is 4. The minimum absolute atomic E-state index is 0.172. The van der Waals surface area contributed by atoms with E-state index in [1.807, 2.05) is 13.8 Å². The molecule has 3 aromatic rings. The summed E-state index contributed by atoms with van der Waals surface area (Å²) in [5.41, 5.74) is -0.0571. The number of amides is 1. The van der Waals surface area contributed by atoms with Crippen LogP contribution in [0.25, 0.3) is 16.6 Å². The third-order valence-corrected chi connectivity index (χ3v) is 4.57. The summed E-state index contributed by atoms with van der Waals surface area (Å²) < 4.78 is 2.29. The predicted octanol–water partition coefficient (Wildman–Crippen LogP) is 2.13. The largest absolute Gasteiger partial charge is 0.354 e. The maximum atomic E-state index is 13.2. The highest BCUT2D eigenvalue weighted by Gasteiger charge is 2.17. The topological polar surface area (TPSA) is 90.2 Å². The molecule has 1 N–H and O–H groups in total. The Labute approximate surface area is 167 Å². The number of nitrogens with one attached hydrogen (secondary N) is 1. The summed E-state index contributed by atoms with van der Waals surface area (Å²) >= 11 is 0. The molecule has 1 aromatic heterocycles. The molecular formula is C22H23N3O4. The number of nitrogens with zero attached hydrogens (tertiary/aromatic N) is 2. The van der Waals surface area contributed by atoms with Gasteiger partial charge in [0.25, 0.3) is 5.56 Å². The standard InChI is InChI=1S/C22H23N3O4/c1-14(2)12-23-20(27)13-24-19-10-5-4-9-18(19)21(28)25(22(24)29)17-8-6-7-16(11-17)15(3)26/h4-11,14H,12-13H2,1-3H3,(H,23,27). The van der Waals surface area contributed by atoms with Crippen LogP contribution in [-0.4, -0.2) is 27.4 Å². The van der Waals surface area contributed by atoms with Crippen LogP contribution >= 0.6 is 0 Å². The zero-order chi connectivity index (χ0) is 21.1.